The maximum absolute atomic E-state index is 10.7. The van der Waals surface area contributed by atoms with Gasteiger partial charge in [-0.2, -0.15) is 0 Å². The molecule has 3 heteroatoms. The van der Waals surface area contributed by atoms with Crippen LogP contribution in [0.2, 0.25) is 0 Å². The van der Waals surface area contributed by atoms with Gasteiger partial charge in [-0.1, -0.05) is 44.2 Å². The smallest absolute Gasteiger partial charge is 0.0836 e. The van der Waals surface area contributed by atoms with Crippen molar-refractivity contribution in [1.29, 1.82) is 0 Å². The summed E-state index contributed by atoms with van der Waals surface area (Å²) in [5, 5.41) is 14.3. The summed E-state index contributed by atoms with van der Waals surface area (Å²) in [5.41, 5.74) is 0.987. The van der Waals surface area contributed by atoms with E-state index in [0.29, 0.717) is 18.6 Å². The van der Waals surface area contributed by atoms with E-state index in [1.807, 2.05) is 30.3 Å². The summed E-state index contributed by atoms with van der Waals surface area (Å²) in [6, 6.07) is 10.5. The molecule has 0 spiro atoms. The van der Waals surface area contributed by atoms with Crippen molar-refractivity contribution >= 4 is 0 Å². The Morgan fingerprint density at radius 3 is 2.47 bits per heavy atom. The van der Waals surface area contributed by atoms with E-state index >= 15 is 0 Å². The average molecular weight is 263 g/mol. The molecule has 3 nitrogen and oxygen atoms in total. The van der Waals surface area contributed by atoms with E-state index in [4.69, 9.17) is 4.74 Å². The first kappa shape index (κ1) is 14.5. The Morgan fingerprint density at radius 2 is 1.89 bits per heavy atom. The summed E-state index contributed by atoms with van der Waals surface area (Å²) in [6.07, 6.45) is -0.451. The van der Waals surface area contributed by atoms with Crippen LogP contribution in [-0.2, 0) is 4.74 Å². The molecule has 1 aromatic carbocycles. The molecule has 2 N–H and O–H groups in total. The number of benzene rings is 1. The standard InChI is InChI=1S/C16H25NO2/c1-11(2)15(14-10-19-9-12(3)17-14)16(18)13-7-5-4-6-8-13/h4-8,11-12,14-18H,9-10H2,1-3H3. The van der Waals surface area contributed by atoms with E-state index in [1.54, 1.807) is 0 Å². The summed E-state index contributed by atoms with van der Waals surface area (Å²) in [6.45, 7) is 7.88. The molecular formula is C16H25NO2. The quantitative estimate of drug-likeness (QED) is 0.876. The molecule has 0 aromatic heterocycles. The zero-order valence-electron chi connectivity index (χ0n) is 12.0. The lowest BCUT2D eigenvalue weighted by molar-refractivity contribution is -0.0187. The van der Waals surface area contributed by atoms with Gasteiger partial charge in [-0.3, -0.25) is 0 Å². The number of aliphatic hydroxyl groups is 1. The minimum absolute atomic E-state index is 0.158. The molecule has 1 heterocycles. The van der Waals surface area contributed by atoms with Crippen LogP contribution in [-0.4, -0.2) is 30.4 Å². The van der Waals surface area contributed by atoms with Crippen LogP contribution in [0, 0.1) is 11.8 Å². The van der Waals surface area contributed by atoms with E-state index in [1.165, 1.54) is 0 Å². The second-order valence-corrected chi connectivity index (χ2v) is 5.89. The van der Waals surface area contributed by atoms with Crippen molar-refractivity contribution in [2.24, 2.45) is 11.8 Å². The van der Waals surface area contributed by atoms with Crippen LogP contribution >= 0.6 is 0 Å². The molecular weight excluding hydrogens is 238 g/mol. The van der Waals surface area contributed by atoms with Gasteiger partial charge in [-0.05, 0) is 18.4 Å². The van der Waals surface area contributed by atoms with Crippen molar-refractivity contribution in [2.45, 2.75) is 39.0 Å². The lowest BCUT2D eigenvalue weighted by Crippen LogP contribution is -2.53. The molecule has 1 fully saturated rings. The summed E-state index contributed by atoms with van der Waals surface area (Å²) in [7, 11) is 0. The van der Waals surface area contributed by atoms with Crippen LogP contribution in [0.3, 0.4) is 0 Å². The van der Waals surface area contributed by atoms with Gasteiger partial charge in [0.25, 0.3) is 0 Å². The van der Waals surface area contributed by atoms with Gasteiger partial charge in [-0.15, -0.1) is 0 Å². The predicted molar refractivity (Wildman–Crippen MR) is 76.9 cm³/mol. The fourth-order valence-electron chi connectivity index (χ4n) is 2.98. The number of hydrogen-bond acceptors (Lipinski definition) is 3. The summed E-state index contributed by atoms with van der Waals surface area (Å²) in [5.74, 6) is 0.548. The first-order valence-electron chi connectivity index (χ1n) is 7.16. The lowest BCUT2D eigenvalue weighted by atomic mass is 9.80. The highest BCUT2D eigenvalue weighted by molar-refractivity contribution is 5.18. The molecule has 106 valence electrons. The fourth-order valence-corrected chi connectivity index (χ4v) is 2.98. The molecule has 0 bridgehead atoms. The third-order valence-corrected chi connectivity index (χ3v) is 3.90. The molecule has 0 amide bonds. The molecule has 0 saturated carbocycles. The Balaban J connectivity index is 2.15. The molecule has 1 aliphatic rings. The number of hydrogen-bond donors (Lipinski definition) is 2. The lowest BCUT2D eigenvalue weighted by Gasteiger charge is -2.39. The normalized spacial score (nSPS) is 27.2. The monoisotopic (exact) mass is 263 g/mol. The minimum Gasteiger partial charge on any atom is -0.388 e. The molecule has 2 rings (SSSR count). The van der Waals surface area contributed by atoms with Crippen molar-refractivity contribution in [3.05, 3.63) is 35.9 Å². The van der Waals surface area contributed by atoms with Crippen molar-refractivity contribution in [3.63, 3.8) is 0 Å². The number of rotatable bonds is 4. The Kier molecular flexibility index (Phi) is 4.97. The third-order valence-electron chi connectivity index (χ3n) is 3.90. The van der Waals surface area contributed by atoms with Gasteiger partial charge < -0.3 is 15.2 Å². The van der Waals surface area contributed by atoms with Gasteiger partial charge in [0.1, 0.15) is 0 Å². The Bertz CT molecular complexity index is 380. The average Bonchev–Trinajstić information content (AvgIpc) is 2.39. The van der Waals surface area contributed by atoms with Gasteiger partial charge in [0, 0.05) is 18.0 Å². The number of morpholine rings is 1. The van der Waals surface area contributed by atoms with Crippen LogP contribution in [0.5, 0.6) is 0 Å². The first-order valence-corrected chi connectivity index (χ1v) is 7.16. The highest BCUT2D eigenvalue weighted by atomic mass is 16.5. The van der Waals surface area contributed by atoms with Crippen molar-refractivity contribution in [3.8, 4) is 0 Å². The largest absolute Gasteiger partial charge is 0.388 e. The van der Waals surface area contributed by atoms with Crippen molar-refractivity contribution < 1.29 is 9.84 Å². The molecule has 4 unspecified atom stereocenters. The molecule has 1 aromatic rings. The van der Waals surface area contributed by atoms with Crippen molar-refractivity contribution in [2.75, 3.05) is 13.2 Å². The highest BCUT2D eigenvalue weighted by Gasteiger charge is 2.34. The Morgan fingerprint density at radius 1 is 1.21 bits per heavy atom. The maximum atomic E-state index is 10.7. The molecule has 0 radical (unpaired) electrons. The van der Waals surface area contributed by atoms with E-state index in [9.17, 15) is 5.11 Å². The van der Waals surface area contributed by atoms with Gasteiger partial charge in [-0.25, -0.2) is 0 Å². The molecule has 19 heavy (non-hydrogen) atoms. The van der Waals surface area contributed by atoms with E-state index in [2.05, 4.69) is 26.1 Å². The second kappa shape index (κ2) is 6.51. The third kappa shape index (κ3) is 3.56. The zero-order valence-corrected chi connectivity index (χ0v) is 12.0. The van der Waals surface area contributed by atoms with Crippen LogP contribution in [0.15, 0.2) is 30.3 Å². The van der Waals surface area contributed by atoms with Crippen LogP contribution in [0.1, 0.15) is 32.4 Å². The van der Waals surface area contributed by atoms with Crippen molar-refractivity contribution in [1.82, 2.24) is 5.32 Å². The van der Waals surface area contributed by atoms with Crippen LogP contribution in [0.25, 0.3) is 0 Å². The molecule has 1 aliphatic heterocycles. The van der Waals surface area contributed by atoms with Gasteiger partial charge in [0.05, 0.1) is 19.3 Å². The van der Waals surface area contributed by atoms with Crippen LogP contribution in [0.4, 0.5) is 0 Å². The SMILES string of the molecule is CC1COCC(C(C(C)C)C(O)c2ccccc2)N1. The number of ether oxygens (including phenoxy) is 1. The maximum Gasteiger partial charge on any atom is 0.0836 e. The second-order valence-electron chi connectivity index (χ2n) is 5.89. The number of aliphatic hydroxyl groups excluding tert-OH is 1. The first-order chi connectivity index (χ1) is 9.09. The zero-order chi connectivity index (χ0) is 13.8. The van der Waals surface area contributed by atoms with E-state index in [-0.39, 0.29) is 12.0 Å². The van der Waals surface area contributed by atoms with Crippen LogP contribution < -0.4 is 5.32 Å². The summed E-state index contributed by atoms with van der Waals surface area (Å²) < 4.78 is 5.64. The van der Waals surface area contributed by atoms with E-state index in [0.717, 1.165) is 12.2 Å². The Hall–Kier alpha value is -0.900. The topological polar surface area (TPSA) is 41.5 Å². The van der Waals surface area contributed by atoms with Gasteiger partial charge in [0.15, 0.2) is 0 Å². The highest BCUT2D eigenvalue weighted by Crippen LogP contribution is 2.32. The molecule has 4 atom stereocenters. The molecule has 1 saturated heterocycles. The van der Waals surface area contributed by atoms with Gasteiger partial charge >= 0.3 is 0 Å². The predicted octanol–water partition coefficient (Wildman–Crippen LogP) is 2.37. The van der Waals surface area contributed by atoms with Gasteiger partial charge in [0.2, 0.25) is 0 Å². The Labute approximate surface area is 116 Å². The number of nitrogens with one attached hydrogen (secondary N) is 1. The fraction of sp³-hybridized carbons (Fsp3) is 0.625. The minimum atomic E-state index is -0.451. The van der Waals surface area contributed by atoms with E-state index < -0.39 is 6.10 Å². The molecule has 0 aliphatic carbocycles. The summed E-state index contributed by atoms with van der Waals surface area (Å²) in [4.78, 5) is 0. The summed E-state index contributed by atoms with van der Waals surface area (Å²) >= 11 is 0.